The Morgan fingerprint density at radius 2 is 2.21 bits per heavy atom. The van der Waals surface area contributed by atoms with Crippen molar-refractivity contribution in [3.05, 3.63) is 40.4 Å². The largest absolute Gasteiger partial charge is 0.321 e. The molecule has 2 heterocycles. The highest BCUT2D eigenvalue weighted by molar-refractivity contribution is 8.00. The summed E-state index contributed by atoms with van der Waals surface area (Å²) in [6.45, 7) is 4.16. The zero-order valence-corrected chi connectivity index (χ0v) is 15.6. The van der Waals surface area contributed by atoms with Gasteiger partial charge in [-0.15, -0.1) is 15.3 Å². The first kappa shape index (κ1) is 17.6. The van der Waals surface area contributed by atoms with Gasteiger partial charge in [0.2, 0.25) is 4.96 Å². The quantitative estimate of drug-likeness (QED) is 0.640. The SMILES string of the molecule is CC[C@H](C)[C@H](N)c1nnc2sc(SCc3c(F)cccc3Cl)nn12. The summed E-state index contributed by atoms with van der Waals surface area (Å²) in [5.41, 5.74) is 6.72. The number of hydrogen-bond acceptors (Lipinski definition) is 6. The Balaban J connectivity index is 1.81. The average Bonchev–Trinajstić information content (AvgIpc) is 3.13. The maximum absolute atomic E-state index is 13.8. The Morgan fingerprint density at radius 1 is 1.42 bits per heavy atom. The molecule has 3 aromatic rings. The van der Waals surface area contributed by atoms with Crippen LogP contribution in [0.1, 0.15) is 37.7 Å². The van der Waals surface area contributed by atoms with Crippen LogP contribution in [0.2, 0.25) is 5.02 Å². The number of nitrogens with zero attached hydrogens (tertiary/aromatic N) is 4. The first-order valence-electron chi connectivity index (χ1n) is 7.54. The molecular weight excluding hydrogens is 369 g/mol. The van der Waals surface area contributed by atoms with Gasteiger partial charge in [0, 0.05) is 16.3 Å². The van der Waals surface area contributed by atoms with Crippen molar-refractivity contribution in [2.75, 3.05) is 0 Å². The van der Waals surface area contributed by atoms with E-state index >= 15 is 0 Å². The van der Waals surface area contributed by atoms with Crippen LogP contribution < -0.4 is 5.73 Å². The van der Waals surface area contributed by atoms with Crippen LogP contribution in [0.4, 0.5) is 4.39 Å². The lowest BCUT2D eigenvalue weighted by Crippen LogP contribution is -2.21. The maximum atomic E-state index is 13.8. The summed E-state index contributed by atoms with van der Waals surface area (Å²) in [6.07, 6.45) is 0.952. The lowest BCUT2D eigenvalue weighted by Gasteiger charge is -2.15. The van der Waals surface area contributed by atoms with Gasteiger partial charge < -0.3 is 5.73 Å². The van der Waals surface area contributed by atoms with Crippen molar-refractivity contribution >= 4 is 39.7 Å². The van der Waals surface area contributed by atoms with Crippen LogP contribution in [0.25, 0.3) is 4.96 Å². The second-order valence-corrected chi connectivity index (χ2v) is 8.11. The molecule has 9 heteroatoms. The fourth-order valence-corrected chi connectivity index (χ4v) is 4.42. The van der Waals surface area contributed by atoms with Gasteiger partial charge in [0.05, 0.1) is 6.04 Å². The van der Waals surface area contributed by atoms with E-state index in [4.69, 9.17) is 17.3 Å². The maximum Gasteiger partial charge on any atom is 0.235 e. The Morgan fingerprint density at radius 3 is 2.92 bits per heavy atom. The van der Waals surface area contributed by atoms with Crippen molar-refractivity contribution in [2.45, 2.75) is 36.4 Å². The van der Waals surface area contributed by atoms with E-state index in [9.17, 15) is 4.39 Å². The van der Waals surface area contributed by atoms with Crippen LogP contribution in [0.3, 0.4) is 0 Å². The molecule has 2 aromatic heterocycles. The molecule has 0 saturated heterocycles. The van der Waals surface area contributed by atoms with Gasteiger partial charge in [-0.25, -0.2) is 4.39 Å². The zero-order chi connectivity index (χ0) is 17.3. The molecule has 0 fully saturated rings. The van der Waals surface area contributed by atoms with Gasteiger partial charge in [-0.05, 0) is 18.1 Å². The number of benzene rings is 1. The predicted octanol–water partition coefficient (Wildman–Crippen LogP) is 4.32. The number of hydrogen-bond donors (Lipinski definition) is 1. The third-order valence-electron chi connectivity index (χ3n) is 3.95. The van der Waals surface area contributed by atoms with Crippen molar-refractivity contribution in [1.82, 2.24) is 19.8 Å². The Hall–Kier alpha value is -1.22. The molecule has 0 unspecified atom stereocenters. The number of thioether (sulfide) groups is 1. The van der Waals surface area contributed by atoms with Crippen molar-refractivity contribution in [3.8, 4) is 0 Å². The lowest BCUT2D eigenvalue weighted by molar-refractivity contribution is 0.431. The third kappa shape index (κ3) is 3.42. The number of halogens is 2. The number of aromatic nitrogens is 4. The first-order valence-corrected chi connectivity index (χ1v) is 9.72. The molecule has 0 amide bonds. The van der Waals surface area contributed by atoms with E-state index in [1.807, 2.05) is 0 Å². The van der Waals surface area contributed by atoms with Gasteiger partial charge in [0.25, 0.3) is 0 Å². The fraction of sp³-hybridized carbons (Fsp3) is 0.400. The van der Waals surface area contributed by atoms with Gasteiger partial charge in [-0.1, -0.05) is 61.0 Å². The van der Waals surface area contributed by atoms with Crippen molar-refractivity contribution in [1.29, 1.82) is 0 Å². The lowest BCUT2D eigenvalue weighted by atomic mass is 10.00. The second kappa shape index (κ2) is 7.35. The van der Waals surface area contributed by atoms with Crippen LogP contribution in [-0.2, 0) is 5.75 Å². The summed E-state index contributed by atoms with van der Waals surface area (Å²) in [4.78, 5) is 0.686. The molecule has 1 aromatic carbocycles. The molecule has 0 spiro atoms. The molecular formula is C15H17ClFN5S2. The van der Waals surface area contributed by atoms with Crippen molar-refractivity contribution < 1.29 is 4.39 Å². The fourth-order valence-electron chi connectivity index (χ4n) is 2.19. The molecule has 0 aliphatic heterocycles. The predicted molar refractivity (Wildman–Crippen MR) is 96.0 cm³/mol. The second-order valence-electron chi connectivity index (χ2n) is 5.52. The molecule has 0 aliphatic rings. The molecule has 0 bridgehead atoms. The summed E-state index contributed by atoms with van der Waals surface area (Å²) in [6, 6.07) is 4.47. The standard InChI is InChI=1S/C15H17ClFN5S2/c1-3-8(2)12(18)13-19-20-14-22(13)21-15(24-14)23-7-9-10(16)5-4-6-11(9)17/h4-6,8,12H,3,7,18H2,1-2H3/t8-,12-/m0/s1. The highest BCUT2D eigenvalue weighted by Crippen LogP contribution is 2.32. The molecule has 2 atom stereocenters. The number of nitrogens with two attached hydrogens (primary N) is 1. The highest BCUT2D eigenvalue weighted by Gasteiger charge is 2.22. The zero-order valence-electron chi connectivity index (χ0n) is 13.2. The minimum atomic E-state index is -0.308. The monoisotopic (exact) mass is 385 g/mol. The van der Waals surface area contributed by atoms with E-state index in [-0.39, 0.29) is 17.8 Å². The van der Waals surface area contributed by atoms with E-state index in [2.05, 4.69) is 29.1 Å². The average molecular weight is 386 g/mol. The van der Waals surface area contributed by atoms with Crippen LogP contribution in [0.5, 0.6) is 0 Å². The Kier molecular flexibility index (Phi) is 5.39. The summed E-state index contributed by atoms with van der Waals surface area (Å²) in [7, 11) is 0. The highest BCUT2D eigenvalue weighted by atomic mass is 35.5. The molecule has 2 N–H and O–H groups in total. The first-order chi connectivity index (χ1) is 11.5. The van der Waals surface area contributed by atoms with E-state index < -0.39 is 0 Å². The minimum Gasteiger partial charge on any atom is -0.321 e. The normalized spacial score (nSPS) is 14.2. The van der Waals surface area contributed by atoms with Gasteiger partial charge in [-0.3, -0.25) is 0 Å². The van der Waals surface area contributed by atoms with E-state index in [0.29, 0.717) is 27.1 Å². The molecule has 0 saturated carbocycles. The summed E-state index contributed by atoms with van der Waals surface area (Å²) < 4.78 is 16.3. The van der Waals surface area contributed by atoms with Gasteiger partial charge in [0.15, 0.2) is 10.2 Å². The van der Waals surface area contributed by atoms with E-state index in [0.717, 1.165) is 10.8 Å². The van der Waals surface area contributed by atoms with Crippen LogP contribution in [0.15, 0.2) is 22.5 Å². The minimum absolute atomic E-state index is 0.217. The molecule has 0 radical (unpaired) electrons. The molecule has 3 rings (SSSR count). The van der Waals surface area contributed by atoms with E-state index in [1.54, 1.807) is 16.6 Å². The Labute approximate surface area is 152 Å². The topological polar surface area (TPSA) is 69.1 Å². The van der Waals surface area contributed by atoms with Crippen LogP contribution in [-0.4, -0.2) is 19.8 Å². The van der Waals surface area contributed by atoms with Gasteiger partial charge >= 0.3 is 0 Å². The molecule has 24 heavy (non-hydrogen) atoms. The van der Waals surface area contributed by atoms with E-state index in [1.165, 1.54) is 29.2 Å². The van der Waals surface area contributed by atoms with Gasteiger partial charge in [0.1, 0.15) is 5.82 Å². The van der Waals surface area contributed by atoms with Crippen molar-refractivity contribution in [2.24, 2.45) is 11.7 Å². The summed E-state index contributed by atoms with van der Waals surface area (Å²) in [5.74, 6) is 1.04. The smallest absolute Gasteiger partial charge is 0.235 e. The molecule has 128 valence electrons. The third-order valence-corrected chi connectivity index (χ3v) is 6.37. The van der Waals surface area contributed by atoms with Crippen LogP contribution in [0, 0.1) is 11.7 Å². The number of rotatable bonds is 6. The summed E-state index contributed by atoms with van der Waals surface area (Å²) >= 11 is 8.88. The van der Waals surface area contributed by atoms with Crippen molar-refractivity contribution in [3.63, 3.8) is 0 Å². The number of fused-ring (bicyclic) bond motifs is 1. The molecule has 5 nitrogen and oxygen atoms in total. The van der Waals surface area contributed by atoms with Gasteiger partial charge in [-0.2, -0.15) is 4.52 Å². The Bertz CT molecular complexity index is 829. The van der Waals surface area contributed by atoms with Crippen LogP contribution >= 0.6 is 34.7 Å². The summed E-state index contributed by atoms with van der Waals surface area (Å²) in [5, 5.41) is 13.2. The molecule has 0 aliphatic carbocycles.